The lowest BCUT2D eigenvalue weighted by atomic mass is 10.0. The van der Waals surface area contributed by atoms with Crippen molar-refractivity contribution < 1.29 is 4.79 Å². The largest absolute Gasteiger partial charge is 0.297 e. The molecule has 0 saturated carbocycles. The van der Waals surface area contributed by atoms with Gasteiger partial charge in [0.25, 0.3) is 0 Å². The minimum absolute atomic E-state index is 0.0754. The lowest BCUT2D eigenvalue weighted by molar-refractivity contribution is 0.0988. The zero-order chi connectivity index (χ0) is 12.5. The van der Waals surface area contributed by atoms with Crippen LogP contribution >= 0.6 is 15.9 Å². The summed E-state index contributed by atoms with van der Waals surface area (Å²) >= 11 is 3.41. The monoisotopic (exact) mass is 301 g/mol. The summed E-state index contributed by atoms with van der Waals surface area (Å²) in [4.78, 5) is 12.2. The maximum absolute atomic E-state index is 12.2. The molecule has 1 heterocycles. The fourth-order valence-corrected chi connectivity index (χ4v) is 2.37. The van der Waals surface area contributed by atoms with Gasteiger partial charge in [-0.3, -0.25) is 10.1 Å². The molecule has 2 nitrogen and oxygen atoms in total. The Morgan fingerprint density at radius 3 is 2.33 bits per heavy atom. The van der Waals surface area contributed by atoms with E-state index in [2.05, 4.69) is 21.2 Å². The van der Waals surface area contributed by atoms with Crippen LogP contribution in [0.15, 0.2) is 59.1 Å². The van der Waals surface area contributed by atoms with Crippen LogP contribution in [-0.2, 0) is 0 Å². The average Bonchev–Trinajstić information content (AvgIpc) is 3.20. The zero-order valence-corrected chi connectivity index (χ0v) is 11.2. The van der Waals surface area contributed by atoms with Gasteiger partial charge in [-0.25, -0.2) is 0 Å². The van der Waals surface area contributed by atoms with Crippen LogP contribution in [0.3, 0.4) is 0 Å². The van der Waals surface area contributed by atoms with Crippen molar-refractivity contribution in [3.8, 4) is 0 Å². The van der Waals surface area contributed by atoms with Gasteiger partial charge in [-0.2, -0.15) is 0 Å². The van der Waals surface area contributed by atoms with E-state index < -0.39 is 0 Å². The third kappa shape index (κ3) is 2.24. The van der Waals surface area contributed by atoms with Crippen molar-refractivity contribution in [3.63, 3.8) is 0 Å². The number of nitrogens with one attached hydrogen (secondary N) is 1. The van der Waals surface area contributed by atoms with Crippen LogP contribution in [0.1, 0.15) is 22.0 Å². The van der Waals surface area contributed by atoms with E-state index in [0.29, 0.717) is 0 Å². The van der Waals surface area contributed by atoms with Gasteiger partial charge in [0, 0.05) is 10.0 Å². The predicted molar refractivity (Wildman–Crippen MR) is 74.6 cm³/mol. The van der Waals surface area contributed by atoms with Crippen molar-refractivity contribution in [2.24, 2.45) is 0 Å². The molecule has 0 unspecified atom stereocenters. The summed E-state index contributed by atoms with van der Waals surface area (Å²) in [5.41, 5.74) is 1.93. The number of carbonyl (C=O) groups excluding carboxylic acids is 1. The standard InChI is InChI=1S/C15H12BrNO/c16-12-8-6-10(7-9-12)13-14(17-13)15(18)11-4-2-1-3-5-11/h1-9,13-14,17H/t13-,14+/m1/s1. The van der Waals surface area contributed by atoms with E-state index in [1.54, 1.807) is 0 Å². The summed E-state index contributed by atoms with van der Waals surface area (Å²) in [5, 5.41) is 3.24. The zero-order valence-electron chi connectivity index (χ0n) is 9.64. The van der Waals surface area contributed by atoms with Crippen molar-refractivity contribution >= 4 is 21.7 Å². The molecule has 1 aliphatic heterocycles. The molecule has 18 heavy (non-hydrogen) atoms. The van der Waals surface area contributed by atoms with Crippen LogP contribution in [0, 0.1) is 0 Å². The van der Waals surface area contributed by atoms with Gasteiger partial charge in [-0.05, 0) is 17.7 Å². The summed E-state index contributed by atoms with van der Waals surface area (Å²) < 4.78 is 1.05. The first-order valence-electron chi connectivity index (χ1n) is 5.86. The number of hydrogen-bond donors (Lipinski definition) is 1. The van der Waals surface area contributed by atoms with Crippen molar-refractivity contribution in [1.29, 1.82) is 0 Å². The smallest absolute Gasteiger partial charge is 0.181 e. The molecule has 1 saturated heterocycles. The highest BCUT2D eigenvalue weighted by Crippen LogP contribution is 2.32. The summed E-state index contributed by atoms with van der Waals surface area (Å²) in [6, 6.07) is 17.6. The van der Waals surface area contributed by atoms with Gasteiger partial charge in [0.15, 0.2) is 5.78 Å². The number of hydrogen-bond acceptors (Lipinski definition) is 2. The second-order valence-electron chi connectivity index (χ2n) is 4.40. The minimum atomic E-state index is -0.0754. The Morgan fingerprint density at radius 2 is 1.67 bits per heavy atom. The lowest BCUT2D eigenvalue weighted by Crippen LogP contribution is -2.09. The Bertz CT molecular complexity index is 565. The molecular weight excluding hydrogens is 290 g/mol. The highest BCUT2D eigenvalue weighted by molar-refractivity contribution is 9.10. The van der Waals surface area contributed by atoms with E-state index in [1.807, 2.05) is 54.6 Å². The normalized spacial score (nSPS) is 21.6. The quantitative estimate of drug-likeness (QED) is 0.697. The molecule has 2 atom stereocenters. The van der Waals surface area contributed by atoms with Crippen molar-refractivity contribution in [3.05, 3.63) is 70.2 Å². The molecule has 90 valence electrons. The first kappa shape index (κ1) is 11.6. The third-order valence-corrected chi connectivity index (χ3v) is 3.68. The van der Waals surface area contributed by atoms with Gasteiger partial charge in [-0.15, -0.1) is 0 Å². The molecule has 3 heteroatoms. The summed E-state index contributed by atoms with van der Waals surface area (Å²) in [5.74, 6) is 0.170. The highest BCUT2D eigenvalue weighted by Gasteiger charge is 2.43. The maximum Gasteiger partial charge on any atom is 0.181 e. The van der Waals surface area contributed by atoms with Crippen LogP contribution in [0.4, 0.5) is 0 Å². The maximum atomic E-state index is 12.2. The SMILES string of the molecule is O=C(c1ccccc1)[C@H]1N[C@@H]1c1ccc(Br)cc1. The lowest BCUT2D eigenvalue weighted by Gasteiger charge is -1.99. The van der Waals surface area contributed by atoms with E-state index in [4.69, 9.17) is 0 Å². The van der Waals surface area contributed by atoms with E-state index in [0.717, 1.165) is 15.6 Å². The molecule has 1 N–H and O–H groups in total. The van der Waals surface area contributed by atoms with Crippen molar-refractivity contribution in [1.82, 2.24) is 5.32 Å². The van der Waals surface area contributed by atoms with Crippen LogP contribution < -0.4 is 5.32 Å². The average molecular weight is 302 g/mol. The van der Waals surface area contributed by atoms with Crippen LogP contribution in [0.5, 0.6) is 0 Å². The molecule has 3 rings (SSSR count). The molecule has 0 bridgehead atoms. The summed E-state index contributed by atoms with van der Waals surface area (Å²) in [7, 11) is 0. The Hall–Kier alpha value is -1.45. The van der Waals surface area contributed by atoms with E-state index in [-0.39, 0.29) is 17.9 Å². The molecule has 0 spiro atoms. The topological polar surface area (TPSA) is 39.0 Å². The van der Waals surface area contributed by atoms with Crippen LogP contribution in [0.2, 0.25) is 0 Å². The van der Waals surface area contributed by atoms with Crippen LogP contribution in [0.25, 0.3) is 0 Å². The molecule has 0 radical (unpaired) electrons. The van der Waals surface area contributed by atoms with Gasteiger partial charge in [0.1, 0.15) is 0 Å². The van der Waals surface area contributed by atoms with Crippen LogP contribution in [-0.4, -0.2) is 11.8 Å². The number of benzene rings is 2. The molecule has 1 fully saturated rings. The Morgan fingerprint density at radius 1 is 1.00 bits per heavy atom. The van der Waals surface area contributed by atoms with Crippen molar-refractivity contribution in [2.75, 3.05) is 0 Å². The second-order valence-corrected chi connectivity index (χ2v) is 5.32. The summed E-state index contributed by atoms with van der Waals surface area (Å²) in [6.07, 6.45) is 0. The molecule has 2 aromatic rings. The predicted octanol–water partition coefficient (Wildman–Crippen LogP) is 3.34. The van der Waals surface area contributed by atoms with E-state index in [1.165, 1.54) is 0 Å². The first-order chi connectivity index (χ1) is 8.75. The number of halogens is 1. The van der Waals surface area contributed by atoms with Crippen molar-refractivity contribution in [2.45, 2.75) is 12.1 Å². The van der Waals surface area contributed by atoms with E-state index >= 15 is 0 Å². The van der Waals surface area contributed by atoms with Gasteiger partial charge < -0.3 is 0 Å². The fourth-order valence-electron chi connectivity index (χ4n) is 2.11. The van der Waals surface area contributed by atoms with Gasteiger partial charge >= 0.3 is 0 Å². The molecule has 1 aliphatic rings. The van der Waals surface area contributed by atoms with Gasteiger partial charge in [-0.1, -0.05) is 58.4 Å². The first-order valence-corrected chi connectivity index (χ1v) is 6.66. The molecule has 0 aromatic heterocycles. The van der Waals surface area contributed by atoms with Gasteiger partial charge in [0.2, 0.25) is 0 Å². The Balaban J connectivity index is 1.75. The number of Topliss-reactive ketones (excluding diaryl/α,β-unsaturated/α-hetero) is 1. The van der Waals surface area contributed by atoms with Gasteiger partial charge in [0.05, 0.1) is 12.1 Å². The number of carbonyl (C=O) groups is 1. The Kier molecular flexibility index (Phi) is 3.02. The van der Waals surface area contributed by atoms with E-state index in [9.17, 15) is 4.79 Å². The number of rotatable bonds is 3. The molecular formula is C15H12BrNO. The third-order valence-electron chi connectivity index (χ3n) is 3.15. The number of ketones is 1. The molecule has 0 amide bonds. The molecule has 0 aliphatic carbocycles. The molecule has 2 aromatic carbocycles. The Labute approximate surface area is 114 Å². The summed E-state index contributed by atoms with van der Waals surface area (Å²) in [6.45, 7) is 0. The highest BCUT2D eigenvalue weighted by atomic mass is 79.9. The fraction of sp³-hybridized carbons (Fsp3) is 0.133. The minimum Gasteiger partial charge on any atom is -0.297 e. The second kappa shape index (κ2) is 4.67.